The highest BCUT2D eigenvalue weighted by atomic mass is 79.9. The van der Waals surface area contributed by atoms with Crippen LogP contribution in [0.2, 0.25) is 0 Å². The van der Waals surface area contributed by atoms with Crippen LogP contribution in [0.5, 0.6) is 0 Å². The third kappa shape index (κ3) is 2.17. The average Bonchev–Trinajstić information content (AvgIpc) is 2.63. The van der Waals surface area contributed by atoms with Crippen LogP contribution in [0.15, 0.2) is 28.7 Å². The van der Waals surface area contributed by atoms with E-state index in [1.807, 2.05) is 24.3 Å². The summed E-state index contributed by atoms with van der Waals surface area (Å²) < 4.78 is 1.06. The molecule has 15 heavy (non-hydrogen) atoms. The monoisotopic (exact) mass is 270 g/mol. The van der Waals surface area contributed by atoms with Crippen molar-refractivity contribution in [2.24, 2.45) is 5.73 Å². The Morgan fingerprint density at radius 2 is 2.20 bits per heavy atom. The number of rotatable bonds is 2. The first-order valence-corrected chi connectivity index (χ1v) is 5.86. The number of benzene rings is 1. The molecule has 1 aliphatic heterocycles. The number of hydrogen-bond donors (Lipinski definition) is 2. The first kappa shape index (κ1) is 10.9. The topological polar surface area (TPSA) is 49.5 Å². The molecule has 1 saturated heterocycles. The van der Waals surface area contributed by atoms with Crippen LogP contribution in [0, 0.1) is 0 Å². The molecule has 0 saturated carbocycles. The van der Waals surface area contributed by atoms with Crippen molar-refractivity contribution in [1.29, 1.82) is 0 Å². The maximum atomic E-state index is 10.0. The van der Waals surface area contributed by atoms with Crippen LogP contribution in [0.25, 0.3) is 0 Å². The van der Waals surface area contributed by atoms with Gasteiger partial charge in [-0.3, -0.25) is 0 Å². The molecular formula is C11H15BrN2O. The molecule has 0 aliphatic carbocycles. The molecule has 0 bridgehead atoms. The Morgan fingerprint density at radius 3 is 2.80 bits per heavy atom. The molecular weight excluding hydrogens is 256 g/mol. The Hall–Kier alpha value is -0.580. The van der Waals surface area contributed by atoms with Gasteiger partial charge in [-0.15, -0.1) is 0 Å². The standard InChI is InChI=1S/C11H15BrN2O/c12-9-3-1-2-4-10(9)14-6-5-11(15,7-13)8-14/h1-4,15H,5-8,13H2. The van der Waals surface area contributed by atoms with E-state index >= 15 is 0 Å². The van der Waals surface area contributed by atoms with Crippen molar-refractivity contribution >= 4 is 21.6 Å². The van der Waals surface area contributed by atoms with Gasteiger partial charge in [0.1, 0.15) is 0 Å². The van der Waals surface area contributed by atoms with Gasteiger partial charge in [-0.05, 0) is 34.5 Å². The lowest BCUT2D eigenvalue weighted by Crippen LogP contribution is -2.40. The number of β-amino-alcohol motifs (C(OH)–C–C–N with tert-alkyl or cyclic N) is 1. The summed E-state index contributed by atoms with van der Waals surface area (Å²) in [6.45, 7) is 1.80. The predicted molar refractivity (Wildman–Crippen MR) is 65.0 cm³/mol. The fourth-order valence-electron chi connectivity index (χ4n) is 1.94. The predicted octanol–water partition coefficient (Wildman–Crippen LogP) is 1.35. The summed E-state index contributed by atoms with van der Waals surface area (Å²) in [5.74, 6) is 0. The minimum atomic E-state index is -0.713. The first-order chi connectivity index (χ1) is 7.14. The smallest absolute Gasteiger partial charge is 0.0959 e. The number of anilines is 1. The number of para-hydroxylation sites is 1. The molecule has 0 radical (unpaired) electrons. The van der Waals surface area contributed by atoms with Gasteiger partial charge in [0.25, 0.3) is 0 Å². The zero-order chi connectivity index (χ0) is 10.9. The highest BCUT2D eigenvalue weighted by molar-refractivity contribution is 9.10. The van der Waals surface area contributed by atoms with Gasteiger partial charge in [0.2, 0.25) is 0 Å². The third-order valence-corrected chi connectivity index (χ3v) is 3.58. The largest absolute Gasteiger partial charge is 0.387 e. The lowest BCUT2D eigenvalue weighted by atomic mass is 10.0. The summed E-state index contributed by atoms with van der Waals surface area (Å²) in [6.07, 6.45) is 0.741. The summed E-state index contributed by atoms with van der Waals surface area (Å²) in [7, 11) is 0. The van der Waals surface area contributed by atoms with Gasteiger partial charge in [-0.25, -0.2) is 0 Å². The van der Waals surface area contributed by atoms with Crippen LogP contribution in [-0.4, -0.2) is 30.3 Å². The van der Waals surface area contributed by atoms with Crippen LogP contribution in [0.3, 0.4) is 0 Å². The molecule has 0 spiro atoms. The Morgan fingerprint density at radius 1 is 1.47 bits per heavy atom. The zero-order valence-electron chi connectivity index (χ0n) is 8.49. The second-order valence-corrected chi connectivity index (χ2v) is 4.91. The molecule has 1 aromatic rings. The van der Waals surface area contributed by atoms with Crippen LogP contribution in [-0.2, 0) is 0 Å². The maximum Gasteiger partial charge on any atom is 0.0959 e. The highest BCUT2D eigenvalue weighted by Gasteiger charge is 2.35. The normalized spacial score (nSPS) is 25.9. The zero-order valence-corrected chi connectivity index (χ0v) is 10.1. The van der Waals surface area contributed by atoms with Gasteiger partial charge >= 0.3 is 0 Å². The van der Waals surface area contributed by atoms with Crippen molar-refractivity contribution in [2.45, 2.75) is 12.0 Å². The molecule has 1 fully saturated rings. The second kappa shape index (κ2) is 4.12. The van der Waals surface area contributed by atoms with E-state index < -0.39 is 5.60 Å². The Labute approximate surface area is 98.0 Å². The van der Waals surface area contributed by atoms with E-state index in [0.717, 1.165) is 23.1 Å². The van der Waals surface area contributed by atoms with Gasteiger partial charge in [0.15, 0.2) is 0 Å². The Balaban J connectivity index is 2.18. The van der Waals surface area contributed by atoms with Gasteiger partial charge in [0, 0.05) is 24.1 Å². The molecule has 0 amide bonds. The molecule has 1 heterocycles. The highest BCUT2D eigenvalue weighted by Crippen LogP contribution is 2.31. The minimum Gasteiger partial charge on any atom is -0.387 e. The summed E-state index contributed by atoms with van der Waals surface area (Å²) in [6, 6.07) is 8.04. The van der Waals surface area contributed by atoms with Crippen molar-refractivity contribution in [2.75, 3.05) is 24.5 Å². The number of hydrogen-bond acceptors (Lipinski definition) is 3. The van der Waals surface area contributed by atoms with Gasteiger partial charge in [-0.1, -0.05) is 12.1 Å². The number of aliphatic hydroxyl groups is 1. The molecule has 1 atom stereocenters. The third-order valence-electron chi connectivity index (χ3n) is 2.91. The van der Waals surface area contributed by atoms with E-state index in [9.17, 15) is 5.11 Å². The van der Waals surface area contributed by atoms with E-state index in [1.54, 1.807) is 0 Å². The van der Waals surface area contributed by atoms with E-state index in [0.29, 0.717) is 13.1 Å². The summed E-state index contributed by atoms with van der Waals surface area (Å²) in [5, 5.41) is 10.0. The molecule has 0 aromatic heterocycles. The molecule has 1 aromatic carbocycles. The molecule has 4 heteroatoms. The van der Waals surface area contributed by atoms with Crippen molar-refractivity contribution in [3.8, 4) is 0 Å². The molecule has 1 aliphatic rings. The quantitative estimate of drug-likeness (QED) is 0.853. The number of nitrogens with two attached hydrogens (primary N) is 1. The lowest BCUT2D eigenvalue weighted by molar-refractivity contribution is 0.0725. The maximum absolute atomic E-state index is 10.0. The lowest BCUT2D eigenvalue weighted by Gasteiger charge is -2.23. The number of halogens is 1. The molecule has 3 nitrogen and oxygen atoms in total. The molecule has 2 rings (SSSR count). The van der Waals surface area contributed by atoms with E-state index in [1.165, 1.54) is 0 Å². The van der Waals surface area contributed by atoms with Crippen molar-refractivity contribution in [3.05, 3.63) is 28.7 Å². The fourth-order valence-corrected chi connectivity index (χ4v) is 2.47. The summed E-state index contributed by atoms with van der Waals surface area (Å²) in [4.78, 5) is 2.16. The summed E-state index contributed by atoms with van der Waals surface area (Å²) in [5.41, 5.74) is 5.97. The molecule has 1 unspecified atom stereocenters. The van der Waals surface area contributed by atoms with Gasteiger partial charge in [-0.2, -0.15) is 0 Å². The van der Waals surface area contributed by atoms with Crippen molar-refractivity contribution in [1.82, 2.24) is 0 Å². The van der Waals surface area contributed by atoms with Crippen molar-refractivity contribution < 1.29 is 5.11 Å². The fraction of sp³-hybridized carbons (Fsp3) is 0.455. The summed E-state index contributed by atoms with van der Waals surface area (Å²) >= 11 is 3.51. The number of nitrogens with zero attached hydrogens (tertiary/aromatic N) is 1. The van der Waals surface area contributed by atoms with Gasteiger partial charge in [0.05, 0.1) is 11.3 Å². The second-order valence-electron chi connectivity index (χ2n) is 4.05. The SMILES string of the molecule is NCC1(O)CCN(c2ccccc2Br)C1. The van der Waals surface area contributed by atoms with Crippen LogP contribution >= 0.6 is 15.9 Å². The van der Waals surface area contributed by atoms with E-state index in [-0.39, 0.29) is 0 Å². The van der Waals surface area contributed by atoms with Crippen LogP contribution in [0.1, 0.15) is 6.42 Å². The van der Waals surface area contributed by atoms with Crippen LogP contribution < -0.4 is 10.6 Å². The van der Waals surface area contributed by atoms with Crippen LogP contribution in [0.4, 0.5) is 5.69 Å². The van der Waals surface area contributed by atoms with Gasteiger partial charge < -0.3 is 15.7 Å². The average molecular weight is 271 g/mol. The Kier molecular flexibility index (Phi) is 3.00. The molecule has 82 valence electrons. The minimum absolute atomic E-state index is 0.327. The molecule has 3 N–H and O–H groups in total. The van der Waals surface area contributed by atoms with E-state index in [2.05, 4.69) is 20.8 Å². The van der Waals surface area contributed by atoms with Crippen molar-refractivity contribution in [3.63, 3.8) is 0 Å². The Bertz CT molecular complexity index is 358. The first-order valence-electron chi connectivity index (χ1n) is 5.06. The van der Waals surface area contributed by atoms with E-state index in [4.69, 9.17) is 5.73 Å².